The van der Waals surface area contributed by atoms with E-state index in [1.165, 1.54) is 6.92 Å². The molecule has 0 bridgehead atoms. The number of furan rings is 1. The van der Waals surface area contributed by atoms with Gasteiger partial charge in [-0.2, -0.15) is 5.26 Å². The molecule has 1 atom stereocenters. The van der Waals surface area contributed by atoms with Crippen LogP contribution in [-0.4, -0.2) is 22.5 Å². The van der Waals surface area contributed by atoms with E-state index in [-0.39, 0.29) is 16.9 Å². The Morgan fingerprint density at radius 2 is 1.68 bits per heavy atom. The lowest BCUT2D eigenvalue weighted by Crippen LogP contribution is -2.44. The summed E-state index contributed by atoms with van der Waals surface area (Å²) < 4.78 is 5.92. The second-order valence-corrected chi connectivity index (χ2v) is 8.07. The van der Waals surface area contributed by atoms with E-state index in [0.29, 0.717) is 22.7 Å². The molecule has 0 saturated heterocycles. The number of amides is 2. The Balaban J connectivity index is 1.71. The van der Waals surface area contributed by atoms with Crippen LogP contribution in [0.5, 0.6) is 0 Å². The molecule has 0 spiro atoms. The first-order valence-corrected chi connectivity index (χ1v) is 10.8. The minimum Gasteiger partial charge on any atom is -0.457 e. The number of benzene rings is 2. The number of carbonyl (C=O) groups excluding carboxylic acids is 3. The van der Waals surface area contributed by atoms with Gasteiger partial charge in [-0.05, 0) is 50.1 Å². The first kappa shape index (κ1) is 22.7. The normalized spacial score (nSPS) is 16.1. The van der Waals surface area contributed by atoms with Gasteiger partial charge in [-0.3, -0.25) is 19.3 Å². The van der Waals surface area contributed by atoms with Gasteiger partial charge < -0.3 is 4.42 Å². The lowest BCUT2D eigenvalue weighted by molar-refractivity contribution is -0.143. The third kappa shape index (κ3) is 4.12. The van der Waals surface area contributed by atoms with Gasteiger partial charge in [0.2, 0.25) is 0 Å². The molecule has 1 unspecified atom stereocenters. The highest BCUT2D eigenvalue weighted by atomic mass is 16.3. The number of nitriles is 1. The van der Waals surface area contributed by atoms with Crippen molar-refractivity contribution in [3.05, 3.63) is 100 Å². The van der Waals surface area contributed by atoms with Crippen LogP contribution in [0.1, 0.15) is 48.5 Å². The number of carbonyl (C=O) groups is 3. The first-order chi connectivity index (χ1) is 16.3. The van der Waals surface area contributed by atoms with Gasteiger partial charge in [0.25, 0.3) is 11.8 Å². The molecule has 6 nitrogen and oxygen atoms in total. The zero-order valence-electron chi connectivity index (χ0n) is 19.0. The molecule has 0 radical (unpaired) electrons. The molecule has 4 rings (SSSR count). The topological polar surface area (TPSA) is 91.4 Å². The van der Waals surface area contributed by atoms with Crippen molar-refractivity contribution in [3.63, 3.8) is 0 Å². The third-order valence-corrected chi connectivity index (χ3v) is 5.93. The van der Waals surface area contributed by atoms with Crippen LogP contribution in [0.15, 0.2) is 87.9 Å². The van der Waals surface area contributed by atoms with Crippen LogP contribution >= 0.6 is 0 Å². The minimum atomic E-state index is -0.607. The van der Waals surface area contributed by atoms with Crippen molar-refractivity contribution >= 4 is 23.7 Å². The summed E-state index contributed by atoms with van der Waals surface area (Å²) in [7, 11) is 0. The van der Waals surface area contributed by atoms with Gasteiger partial charge in [-0.15, -0.1) is 0 Å². The second-order valence-electron chi connectivity index (χ2n) is 8.07. The quantitative estimate of drug-likeness (QED) is 0.291. The zero-order valence-corrected chi connectivity index (χ0v) is 19.0. The summed E-state index contributed by atoms with van der Waals surface area (Å²) in [6.45, 7) is 4.86. The molecule has 2 heterocycles. The van der Waals surface area contributed by atoms with E-state index in [4.69, 9.17) is 4.42 Å². The highest BCUT2D eigenvalue weighted by molar-refractivity contribution is 6.19. The molecule has 0 saturated carbocycles. The van der Waals surface area contributed by atoms with Gasteiger partial charge >= 0.3 is 0 Å². The molecule has 2 amide bonds. The Morgan fingerprint density at radius 1 is 1.00 bits per heavy atom. The summed E-state index contributed by atoms with van der Waals surface area (Å²) in [4.78, 5) is 39.1. The predicted molar refractivity (Wildman–Crippen MR) is 127 cm³/mol. The minimum absolute atomic E-state index is 0.0216. The smallest absolute Gasteiger partial charge is 0.272 e. The van der Waals surface area contributed by atoms with Crippen molar-refractivity contribution in [2.45, 2.75) is 26.8 Å². The maximum absolute atomic E-state index is 13.4. The van der Waals surface area contributed by atoms with Gasteiger partial charge in [-0.25, -0.2) is 0 Å². The van der Waals surface area contributed by atoms with Crippen LogP contribution in [0, 0.1) is 11.3 Å². The summed E-state index contributed by atoms with van der Waals surface area (Å²) in [5.74, 6) is -0.136. The fourth-order valence-electron chi connectivity index (χ4n) is 3.93. The van der Waals surface area contributed by atoms with Gasteiger partial charge in [0, 0.05) is 16.7 Å². The molecule has 0 fully saturated rings. The van der Waals surface area contributed by atoms with Crippen LogP contribution in [0.25, 0.3) is 17.4 Å². The van der Waals surface area contributed by atoms with Crippen molar-refractivity contribution in [2.75, 3.05) is 0 Å². The molecule has 1 aromatic heterocycles. The summed E-state index contributed by atoms with van der Waals surface area (Å²) >= 11 is 0. The number of nitrogens with zero attached hydrogens (tertiary/aromatic N) is 2. The number of ketones is 1. The van der Waals surface area contributed by atoms with Crippen molar-refractivity contribution in [1.29, 1.82) is 5.26 Å². The van der Waals surface area contributed by atoms with E-state index >= 15 is 0 Å². The number of imide groups is 1. The Kier molecular flexibility index (Phi) is 6.11. The van der Waals surface area contributed by atoms with Crippen molar-refractivity contribution in [1.82, 2.24) is 4.90 Å². The average Bonchev–Trinajstić information content (AvgIpc) is 3.31. The number of hydrogen-bond donors (Lipinski definition) is 0. The largest absolute Gasteiger partial charge is 0.457 e. The highest BCUT2D eigenvalue weighted by Crippen LogP contribution is 2.33. The molecular formula is C28H22N2O4. The summed E-state index contributed by atoms with van der Waals surface area (Å²) in [5.41, 5.74) is 2.65. The van der Waals surface area contributed by atoms with Crippen LogP contribution < -0.4 is 0 Å². The van der Waals surface area contributed by atoms with E-state index < -0.39 is 17.9 Å². The van der Waals surface area contributed by atoms with Crippen LogP contribution in [0.2, 0.25) is 0 Å². The monoisotopic (exact) mass is 450 g/mol. The molecule has 3 aromatic rings. The van der Waals surface area contributed by atoms with Crippen LogP contribution in [-0.2, 0) is 9.59 Å². The first-order valence-electron chi connectivity index (χ1n) is 10.8. The molecule has 1 aliphatic rings. The van der Waals surface area contributed by atoms with Gasteiger partial charge in [0.1, 0.15) is 23.2 Å². The maximum Gasteiger partial charge on any atom is 0.272 e. The Bertz CT molecular complexity index is 1390. The molecule has 168 valence electrons. The fourth-order valence-corrected chi connectivity index (χ4v) is 3.93. The van der Waals surface area contributed by atoms with Crippen molar-refractivity contribution < 1.29 is 18.8 Å². The molecule has 0 aliphatic carbocycles. The molecule has 1 aliphatic heterocycles. The Hall–Kier alpha value is -4.50. The second kappa shape index (κ2) is 9.16. The van der Waals surface area contributed by atoms with Crippen molar-refractivity contribution in [2.24, 2.45) is 0 Å². The number of Topliss-reactive ketones (excluding diaryl/α,β-unsaturated/α-hetero) is 1. The molecule has 34 heavy (non-hydrogen) atoms. The lowest BCUT2D eigenvalue weighted by atomic mass is 9.92. The van der Waals surface area contributed by atoms with Crippen LogP contribution in [0.4, 0.5) is 0 Å². The van der Waals surface area contributed by atoms with E-state index in [0.717, 1.165) is 16.0 Å². The van der Waals surface area contributed by atoms with E-state index in [9.17, 15) is 19.6 Å². The van der Waals surface area contributed by atoms with Gasteiger partial charge in [-0.1, -0.05) is 54.6 Å². The molecule has 2 aromatic carbocycles. The van der Waals surface area contributed by atoms with E-state index in [1.54, 1.807) is 56.3 Å². The predicted octanol–water partition coefficient (Wildman–Crippen LogP) is 5.50. The number of hydrogen-bond acceptors (Lipinski definition) is 5. The SMILES string of the molecule is CC(=O)c1ccc(-c2ccc(/C=C3/C(=O)N(C(C)c4ccccc4)C(=O)C(C#N)=C3C)o2)cc1. The maximum atomic E-state index is 13.4. The zero-order chi connectivity index (χ0) is 24.4. The summed E-state index contributed by atoms with van der Waals surface area (Å²) in [6, 6.07) is 21.1. The summed E-state index contributed by atoms with van der Waals surface area (Å²) in [6.07, 6.45) is 1.56. The van der Waals surface area contributed by atoms with E-state index in [2.05, 4.69) is 0 Å². The van der Waals surface area contributed by atoms with Gasteiger partial charge in [0.05, 0.1) is 6.04 Å². The van der Waals surface area contributed by atoms with Gasteiger partial charge in [0.15, 0.2) is 5.78 Å². The molecular weight excluding hydrogens is 428 g/mol. The third-order valence-electron chi connectivity index (χ3n) is 5.93. The van der Waals surface area contributed by atoms with Crippen molar-refractivity contribution in [3.8, 4) is 17.4 Å². The fraction of sp³-hybridized carbons (Fsp3) is 0.143. The molecule has 0 N–H and O–H groups in total. The standard InChI is InChI=1S/C28H22N2O4/c1-17-24(15-23-13-14-26(34-23)22-11-9-21(10-12-22)19(3)31)27(32)30(28(33)25(17)16-29)18(2)20-7-5-4-6-8-20/h4-15,18H,1-3H3/b24-15+. The number of rotatable bonds is 5. The Labute approximate surface area is 197 Å². The summed E-state index contributed by atoms with van der Waals surface area (Å²) in [5, 5.41) is 9.64. The lowest BCUT2D eigenvalue weighted by Gasteiger charge is -2.32. The average molecular weight is 450 g/mol. The molecule has 6 heteroatoms. The van der Waals surface area contributed by atoms with E-state index in [1.807, 2.05) is 36.4 Å². The Morgan fingerprint density at radius 3 is 2.29 bits per heavy atom. The highest BCUT2D eigenvalue weighted by Gasteiger charge is 2.38. The van der Waals surface area contributed by atoms with Crippen LogP contribution in [0.3, 0.4) is 0 Å².